The summed E-state index contributed by atoms with van der Waals surface area (Å²) in [7, 11) is 1.66. The maximum absolute atomic E-state index is 12.1. The first-order valence-electron chi connectivity index (χ1n) is 7.76. The minimum absolute atomic E-state index is 0.182. The van der Waals surface area contributed by atoms with Crippen LogP contribution >= 0.6 is 0 Å². The van der Waals surface area contributed by atoms with Gasteiger partial charge in [-0.2, -0.15) is 0 Å². The fourth-order valence-corrected chi connectivity index (χ4v) is 2.24. The summed E-state index contributed by atoms with van der Waals surface area (Å²) in [6.07, 6.45) is 8.60. The van der Waals surface area contributed by atoms with Crippen LogP contribution in [0.1, 0.15) is 29.3 Å². The second-order valence-corrected chi connectivity index (χ2v) is 5.49. The number of rotatable bonds is 7. The Morgan fingerprint density at radius 1 is 1.04 bits per heavy atom. The Labute approximate surface area is 138 Å². The smallest absolute Gasteiger partial charge is 0.163 e. The fourth-order valence-electron chi connectivity index (χ4n) is 2.24. The molecule has 2 rings (SSSR count). The van der Waals surface area contributed by atoms with E-state index in [0.717, 1.165) is 16.9 Å². The van der Waals surface area contributed by atoms with Crippen molar-refractivity contribution in [3.05, 3.63) is 84.0 Å². The van der Waals surface area contributed by atoms with Gasteiger partial charge in [0.05, 0.1) is 7.11 Å². The Balaban J connectivity index is 1.84. The monoisotopic (exact) mass is 306 g/mol. The average molecular weight is 306 g/mol. The molecule has 2 aromatic rings. The molecular weight excluding hydrogens is 284 g/mol. The second kappa shape index (κ2) is 8.74. The lowest BCUT2D eigenvalue weighted by Crippen LogP contribution is -2.03. The van der Waals surface area contributed by atoms with Gasteiger partial charge in [0.25, 0.3) is 0 Å². The third-order valence-electron chi connectivity index (χ3n) is 3.56. The molecular formula is C21H22O2. The third-order valence-corrected chi connectivity index (χ3v) is 3.56. The highest BCUT2D eigenvalue weighted by Gasteiger charge is 2.08. The average Bonchev–Trinajstić information content (AvgIpc) is 2.60. The Bertz CT molecular complexity index is 667. The Morgan fingerprint density at radius 2 is 1.74 bits per heavy atom. The molecule has 0 aromatic heterocycles. The number of allylic oxidation sites excluding steroid dienone is 3. The Kier molecular flexibility index (Phi) is 6.37. The first-order chi connectivity index (χ1) is 11.2. The minimum atomic E-state index is 0.182. The minimum Gasteiger partial charge on any atom is -0.497 e. The van der Waals surface area contributed by atoms with Crippen LogP contribution in [0, 0.1) is 5.92 Å². The summed E-state index contributed by atoms with van der Waals surface area (Å²) in [5.41, 5.74) is 1.89. The van der Waals surface area contributed by atoms with Crippen molar-refractivity contribution < 1.29 is 9.53 Å². The van der Waals surface area contributed by atoms with Crippen molar-refractivity contribution in [2.45, 2.75) is 13.3 Å². The van der Waals surface area contributed by atoms with E-state index < -0.39 is 0 Å². The number of hydrogen-bond acceptors (Lipinski definition) is 2. The molecule has 23 heavy (non-hydrogen) atoms. The highest BCUT2D eigenvalue weighted by molar-refractivity contribution is 5.96. The fraction of sp³-hybridized carbons (Fsp3) is 0.190. The van der Waals surface area contributed by atoms with Crippen LogP contribution in [0.5, 0.6) is 5.75 Å². The predicted octanol–water partition coefficient (Wildman–Crippen LogP) is 5.17. The summed E-state index contributed by atoms with van der Waals surface area (Å²) < 4.78 is 5.13. The zero-order valence-electron chi connectivity index (χ0n) is 13.6. The summed E-state index contributed by atoms with van der Waals surface area (Å²) in [5.74, 6) is 1.25. The van der Waals surface area contributed by atoms with Crippen molar-refractivity contribution in [1.29, 1.82) is 0 Å². The van der Waals surface area contributed by atoms with Gasteiger partial charge in [-0.3, -0.25) is 4.79 Å². The van der Waals surface area contributed by atoms with Gasteiger partial charge in [-0.25, -0.2) is 0 Å². The lowest BCUT2D eigenvalue weighted by molar-refractivity contribution is 0.0972. The lowest BCUT2D eigenvalue weighted by Gasteiger charge is -2.04. The van der Waals surface area contributed by atoms with Gasteiger partial charge in [-0.15, -0.1) is 0 Å². The van der Waals surface area contributed by atoms with Gasteiger partial charge >= 0.3 is 0 Å². The second-order valence-electron chi connectivity index (χ2n) is 5.49. The molecule has 0 heterocycles. The number of carbonyl (C=O) groups is 1. The van der Waals surface area contributed by atoms with E-state index in [1.54, 1.807) is 7.11 Å². The SMILES string of the molecule is COc1ccc(/C=C/C=C/C(C)CC(=O)c2ccccc2)cc1. The third kappa shape index (κ3) is 5.59. The molecule has 0 aliphatic rings. The van der Waals surface area contributed by atoms with Crippen LogP contribution < -0.4 is 4.74 Å². The molecule has 0 saturated heterocycles. The molecule has 2 nitrogen and oxygen atoms in total. The van der Waals surface area contributed by atoms with E-state index in [1.807, 2.05) is 72.8 Å². The molecule has 1 atom stereocenters. The van der Waals surface area contributed by atoms with Crippen LogP contribution in [0.25, 0.3) is 6.08 Å². The quantitative estimate of drug-likeness (QED) is 0.521. The molecule has 0 aliphatic heterocycles. The number of carbonyl (C=O) groups excluding carboxylic acids is 1. The first-order valence-corrected chi connectivity index (χ1v) is 7.76. The first kappa shape index (κ1) is 16.8. The molecule has 0 aliphatic carbocycles. The summed E-state index contributed by atoms with van der Waals surface area (Å²) in [6, 6.07) is 17.3. The van der Waals surface area contributed by atoms with Crippen molar-refractivity contribution in [1.82, 2.24) is 0 Å². The molecule has 0 spiro atoms. The zero-order chi connectivity index (χ0) is 16.5. The van der Waals surface area contributed by atoms with Gasteiger partial charge in [0.2, 0.25) is 0 Å². The van der Waals surface area contributed by atoms with Crippen molar-refractivity contribution in [2.75, 3.05) is 7.11 Å². The molecule has 0 saturated carbocycles. The molecule has 118 valence electrons. The molecule has 2 heteroatoms. The normalized spacial score (nSPS) is 12.6. The van der Waals surface area contributed by atoms with E-state index >= 15 is 0 Å². The van der Waals surface area contributed by atoms with Crippen molar-refractivity contribution in [3.63, 3.8) is 0 Å². The number of benzene rings is 2. The predicted molar refractivity (Wildman–Crippen MR) is 95.7 cm³/mol. The molecule has 2 aromatic carbocycles. The van der Waals surface area contributed by atoms with E-state index in [1.165, 1.54) is 0 Å². The van der Waals surface area contributed by atoms with Gasteiger partial charge < -0.3 is 4.74 Å². The van der Waals surface area contributed by atoms with E-state index in [-0.39, 0.29) is 11.7 Å². The van der Waals surface area contributed by atoms with Gasteiger partial charge in [0.15, 0.2) is 5.78 Å². The maximum Gasteiger partial charge on any atom is 0.163 e. The van der Waals surface area contributed by atoms with Crippen molar-refractivity contribution in [3.8, 4) is 5.75 Å². The Hall–Kier alpha value is -2.61. The van der Waals surface area contributed by atoms with E-state index in [9.17, 15) is 4.79 Å². The standard InChI is InChI=1S/C21H22O2/c1-17(16-21(22)19-10-4-3-5-11-19)8-6-7-9-18-12-14-20(23-2)15-13-18/h3-15,17H,16H2,1-2H3/b8-6+,9-7+. The van der Waals surface area contributed by atoms with Crippen LogP contribution in [0.3, 0.4) is 0 Å². The molecule has 0 N–H and O–H groups in total. The molecule has 0 amide bonds. The summed E-state index contributed by atoms with van der Waals surface area (Å²) in [5, 5.41) is 0. The van der Waals surface area contributed by atoms with Gasteiger partial charge in [0, 0.05) is 12.0 Å². The number of Topliss-reactive ketones (excluding diaryl/α,β-unsaturated/α-hetero) is 1. The lowest BCUT2D eigenvalue weighted by atomic mass is 9.99. The van der Waals surface area contributed by atoms with Gasteiger partial charge in [-0.05, 0) is 23.6 Å². The van der Waals surface area contributed by atoms with Crippen LogP contribution in [0.15, 0.2) is 72.8 Å². The molecule has 0 radical (unpaired) electrons. The topological polar surface area (TPSA) is 26.3 Å². The van der Waals surface area contributed by atoms with Crippen LogP contribution in [0.2, 0.25) is 0 Å². The van der Waals surface area contributed by atoms with E-state index in [4.69, 9.17) is 4.74 Å². The van der Waals surface area contributed by atoms with Crippen LogP contribution in [-0.4, -0.2) is 12.9 Å². The Morgan fingerprint density at radius 3 is 2.39 bits per heavy atom. The zero-order valence-corrected chi connectivity index (χ0v) is 13.6. The molecule has 0 bridgehead atoms. The van der Waals surface area contributed by atoms with Crippen LogP contribution in [0.4, 0.5) is 0 Å². The highest BCUT2D eigenvalue weighted by atomic mass is 16.5. The summed E-state index contributed by atoms with van der Waals surface area (Å²) in [4.78, 5) is 12.1. The number of ketones is 1. The summed E-state index contributed by atoms with van der Waals surface area (Å²) in [6.45, 7) is 2.05. The number of hydrogen-bond donors (Lipinski definition) is 0. The van der Waals surface area contributed by atoms with E-state index in [0.29, 0.717) is 6.42 Å². The van der Waals surface area contributed by atoms with E-state index in [2.05, 4.69) is 13.0 Å². The maximum atomic E-state index is 12.1. The number of ether oxygens (including phenoxy) is 1. The van der Waals surface area contributed by atoms with Crippen molar-refractivity contribution >= 4 is 11.9 Å². The van der Waals surface area contributed by atoms with Gasteiger partial charge in [0.1, 0.15) is 5.75 Å². The largest absolute Gasteiger partial charge is 0.497 e. The molecule has 1 unspecified atom stereocenters. The van der Waals surface area contributed by atoms with Gasteiger partial charge in [-0.1, -0.05) is 73.7 Å². The van der Waals surface area contributed by atoms with Crippen LogP contribution in [-0.2, 0) is 0 Å². The van der Waals surface area contributed by atoms with Crippen molar-refractivity contribution in [2.24, 2.45) is 5.92 Å². The molecule has 0 fully saturated rings. The number of methoxy groups -OCH3 is 1. The summed E-state index contributed by atoms with van der Waals surface area (Å²) >= 11 is 0. The highest BCUT2D eigenvalue weighted by Crippen LogP contribution is 2.13.